The van der Waals surface area contributed by atoms with Gasteiger partial charge in [0, 0.05) is 11.8 Å². The summed E-state index contributed by atoms with van der Waals surface area (Å²) < 4.78 is 16.5. The normalized spacial score (nSPS) is 16.4. The molecule has 1 heterocycles. The van der Waals surface area contributed by atoms with Gasteiger partial charge < -0.3 is 19.3 Å². The second-order valence-corrected chi connectivity index (χ2v) is 9.16. The molecule has 0 radical (unpaired) electrons. The van der Waals surface area contributed by atoms with E-state index < -0.39 is 23.5 Å². The standard InChI is InChI=1S/C29H25ClN2O6/c1-16(2)38-20-7-5-6-18(12-20)26-25(27(33)21-13-22(30)24(37-4)14-23(21)36-3)28(34)29(35)32(26)19-10-8-17(15-31)9-11-19/h5-14,16,26,33H,1-4H3/b27-25+. The number of ether oxygens (including phenoxy) is 3. The fourth-order valence-corrected chi connectivity index (χ4v) is 4.57. The summed E-state index contributed by atoms with van der Waals surface area (Å²) in [6, 6.07) is 17.2. The number of Topliss-reactive ketones (excluding diaryl/α,β-unsaturated/α-hetero) is 1. The lowest BCUT2D eigenvalue weighted by Gasteiger charge is -2.26. The van der Waals surface area contributed by atoms with Crippen molar-refractivity contribution in [1.29, 1.82) is 5.26 Å². The summed E-state index contributed by atoms with van der Waals surface area (Å²) in [5, 5.41) is 20.9. The van der Waals surface area contributed by atoms with Gasteiger partial charge in [-0.05, 0) is 61.9 Å². The lowest BCUT2D eigenvalue weighted by atomic mass is 9.94. The molecule has 1 amide bonds. The molecule has 1 aliphatic rings. The number of hydrogen-bond donors (Lipinski definition) is 1. The van der Waals surface area contributed by atoms with E-state index in [4.69, 9.17) is 25.8 Å². The fourth-order valence-electron chi connectivity index (χ4n) is 4.33. The Morgan fingerprint density at radius 1 is 1.03 bits per heavy atom. The summed E-state index contributed by atoms with van der Waals surface area (Å²) in [5.41, 5.74) is 1.28. The lowest BCUT2D eigenvalue weighted by molar-refractivity contribution is -0.132. The first-order valence-corrected chi connectivity index (χ1v) is 12.1. The minimum absolute atomic E-state index is 0.110. The zero-order chi connectivity index (χ0) is 27.6. The molecule has 9 heteroatoms. The minimum Gasteiger partial charge on any atom is -0.507 e. The van der Waals surface area contributed by atoms with E-state index in [1.807, 2.05) is 19.9 Å². The average Bonchev–Trinajstić information content (AvgIpc) is 3.18. The number of benzene rings is 3. The van der Waals surface area contributed by atoms with E-state index >= 15 is 0 Å². The first kappa shape index (κ1) is 26.6. The highest BCUT2D eigenvalue weighted by molar-refractivity contribution is 6.51. The van der Waals surface area contributed by atoms with Crippen molar-refractivity contribution >= 4 is 34.7 Å². The van der Waals surface area contributed by atoms with Crippen LogP contribution in [0, 0.1) is 11.3 Å². The average molecular weight is 533 g/mol. The Bertz CT molecular complexity index is 1470. The third-order valence-electron chi connectivity index (χ3n) is 5.99. The van der Waals surface area contributed by atoms with Gasteiger partial charge in [0.2, 0.25) is 0 Å². The van der Waals surface area contributed by atoms with Crippen molar-refractivity contribution in [2.24, 2.45) is 0 Å². The second kappa shape index (κ2) is 10.9. The number of carbonyl (C=O) groups is 2. The number of nitrogens with zero attached hydrogens (tertiary/aromatic N) is 2. The van der Waals surface area contributed by atoms with Crippen molar-refractivity contribution in [2.45, 2.75) is 26.0 Å². The zero-order valence-electron chi connectivity index (χ0n) is 21.2. The molecule has 1 fully saturated rings. The fraction of sp³-hybridized carbons (Fsp3) is 0.207. The topological polar surface area (TPSA) is 109 Å². The molecule has 194 valence electrons. The van der Waals surface area contributed by atoms with Gasteiger partial charge in [0.1, 0.15) is 23.0 Å². The van der Waals surface area contributed by atoms with Crippen molar-refractivity contribution in [1.82, 2.24) is 0 Å². The SMILES string of the molecule is COc1cc(OC)c(/C(O)=C2\C(=O)C(=O)N(c3ccc(C#N)cc3)C2c2cccc(OC(C)C)c2)cc1Cl. The molecular formula is C29H25ClN2O6. The number of hydrogen-bond acceptors (Lipinski definition) is 7. The van der Waals surface area contributed by atoms with Crippen LogP contribution in [-0.4, -0.2) is 37.1 Å². The highest BCUT2D eigenvalue weighted by atomic mass is 35.5. The Hall–Kier alpha value is -4.48. The number of halogens is 1. The minimum atomic E-state index is -1.01. The predicted molar refractivity (Wildman–Crippen MR) is 143 cm³/mol. The Balaban J connectivity index is 1.98. The van der Waals surface area contributed by atoms with Crippen LogP contribution < -0.4 is 19.1 Å². The van der Waals surface area contributed by atoms with Crippen molar-refractivity contribution in [3.8, 4) is 23.3 Å². The molecule has 0 aromatic heterocycles. The van der Waals surface area contributed by atoms with Crippen molar-refractivity contribution in [3.05, 3.63) is 87.9 Å². The van der Waals surface area contributed by atoms with Gasteiger partial charge in [-0.15, -0.1) is 0 Å². The Morgan fingerprint density at radius 2 is 1.71 bits per heavy atom. The van der Waals surface area contributed by atoms with E-state index in [1.54, 1.807) is 48.5 Å². The van der Waals surface area contributed by atoms with Crippen LogP contribution in [0.1, 0.15) is 36.6 Å². The molecular weight excluding hydrogens is 508 g/mol. The third kappa shape index (κ3) is 4.89. The van der Waals surface area contributed by atoms with Crippen molar-refractivity contribution in [3.63, 3.8) is 0 Å². The maximum absolute atomic E-state index is 13.5. The number of anilines is 1. The van der Waals surface area contributed by atoms with Gasteiger partial charge >= 0.3 is 0 Å². The summed E-state index contributed by atoms with van der Waals surface area (Å²) in [7, 11) is 2.84. The quantitative estimate of drug-likeness (QED) is 0.238. The van der Waals surface area contributed by atoms with Gasteiger partial charge in [0.05, 0.1) is 54.2 Å². The van der Waals surface area contributed by atoms with E-state index in [-0.39, 0.29) is 28.0 Å². The van der Waals surface area contributed by atoms with Crippen molar-refractivity contribution < 1.29 is 28.9 Å². The summed E-state index contributed by atoms with van der Waals surface area (Å²) in [6.07, 6.45) is -0.110. The lowest BCUT2D eigenvalue weighted by Crippen LogP contribution is -2.29. The number of methoxy groups -OCH3 is 2. The molecule has 1 N–H and O–H groups in total. The molecule has 0 spiro atoms. The van der Waals surface area contributed by atoms with Crippen LogP contribution in [0.3, 0.4) is 0 Å². The summed E-state index contributed by atoms with van der Waals surface area (Å²) >= 11 is 6.33. The van der Waals surface area contributed by atoms with Crippen LogP contribution in [0.4, 0.5) is 5.69 Å². The van der Waals surface area contributed by atoms with Gasteiger partial charge in [0.25, 0.3) is 11.7 Å². The largest absolute Gasteiger partial charge is 0.507 e. The van der Waals surface area contributed by atoms with Crippen LogP contribution >= 0.6 is 11.6 Å². The zero-order valence-corrected chi connectivity index (χ0v) is 21.9. The van der Waals surface area contributed by atoms with Crippen molar-refractivity contribution in [2.75, 3.05) is 19.1 Å². The van der Waals surface area contributed by atoms with E-state index in [0.717, 1.165) is 0 Å². The molecule has 3 aromatic rings. The molecule has 0 saturated carbocycles. The molecule has 1 saturated heterocycles. The monoisotopic (exact) mass is 532 g/mol. The predicted octanol–water partition coefficient (Wildman–Crippen LogP) is 5.64. The Morgan fingerprint density at radius 3 is 2.32 bits per heavy atom. The van der Waals surface area contributed by atoms with Gasteiger partial charge in [-0.3, -0.25) is 14.5 Å². The highest BCUT2D eigenvalue weighted by Crippen LogP contribution is 2.45. The number of ketones is 1. The van der Waals surface area contributed by atoms with Crippen LogP contribution in [0.5, 0.6) is 17.2 Å². The van der Waals surface area contributed by atoms with Crippen LogP contribution in [0.15, 0.2) is 66.2 Å². The first-order chi connectivity index (χ1) is 18.2. The Labute approximate surface area is 225 Å². The second-order valence-electron chi connectivity index (χ2n) is 8.75. The highest BCUT2D eigenvalue weighted by Gasteiger charge is 2.47. The number of aliphatic hydroxyl groups is 1. The van der Waals surface area contributed by atoms with Gasteiger partial charge in [0.15, 0.2) is 0 Å². The molecule has 1 atom stereocenters. The number of amides is 1. The summed E-state index contributed by atoms with van der Waals surface area (Å²) in [4.78, 5) is 28.2. The molecule has 3 aromatic carbocycles. The van der Waals surface area contributed by atoms with E-state index in [9.17, 15) is 20.0 Å². The maximum atomic E-state index is 13.5. The smallest absolute Gasteiger partial charge is 0.300 e. The maximum Gasteiger partial charge on any atom is 0.300 e. The van der Waals surface area contributed by atoms with E-state index in [1.165, 1.54) is 31.3 Å². The van der Waals surface area contributed by atoms with E-state index in [2.05, 4.69) is 0 Å². The summed E-state index contributed by atoms with van der Waals surface area (Å²) in [5.74, 6) is -1.14. The van der Waals surface area contributed by atoms with Crippen LogP contribution in [0.25, 0.3) is 5.76 Å². The number of nitriles is 1. The number of aliphatic hydroxyl groups excluding tert-OH is 1. The molecule has 1 aliphatic heterocycles. The molecule has 38 heavy (non-hydrogen) atoms. The molecule has 8 nitrogen and oxygen atoms in total. The number of carbonyl (C=O) groups excluding carboxylic acids is 2. The Kier molecular flexibility index (Phi) is 7.60. The molecule has 0 bridgehead atoms. The van der Waals surface area contributed by atoms with E-state index in [0.29, 0.717) is 28.3 Å². The molecule has 4 rings (SSSR count). The van der Waals surface area contributed by atoms with Gasteiger partial charge in [-0.1, -0.05) is 23.7 Å². The van der Waals surface area contributed by atoms with Gasteiger partial charge in [-0.25, -0.2) is 0 Å². The first-order valence-electron chi connectivity index (χ1n) is 11.7. The summed E-state index contributed by atoms with van der Waals surface area (Å²) in [6.45, 7) is 3.77. The molecule has 0 aliphatic carbocycles. The number of rotatable bonds is 7. The van der Waals surface area contributed by atoms with Crippen LogP contribution in [-0.2, 0) is 9.59 Å². The van der Waals surface area contributed by atoms with Gasteiger partial charge in [-0.2, -0.15) is 5.26 Å². The van der Waals surface area contributed by atoms with Crippen LogP contribution in [0.2, 0.25) is 5.02 Å². The third-order valence-corrected chi connectivity index (χ3v) is 6.29. The molecule has 1 unspecified atom stereocenters.